The molecule has 1 aliphatic heterocycles. The summed E-state index contributed by atoms with van der Waals surface area (Å²) in [7, 11) is 1.65. The van der Waals surface area contributed by atoms with E-state index in [1.54, 1.807) is 17.8 Å². The molecule has 162 valence electrons. The summed E-state index contributed by atoms with van der Waals surface area (Å²) in [4.78, 5) is 19.8. The number of anilines is 2. The molecule has 0 amide bonds. The van der Waals surface area contributed by atoms with Crippen LogP contribution in [0.4, 0.5) is 11.9 Å². The van der Waals surface area contributed by atoms with Crippen molar-refractivity contribution in [1.82, 2.24) is 34.9 Å². The molecule has 31 heavy (non-hydrogen) atoms. The van der Waals surface area contributed by atoms with Crippen molar-refractivity contribution in [3.8, 4) is 5.75 Å². The topological polar surface area (TPSA) is 108 Å². The van der Waals surface area contributed by atoms with Crippen molar-refractivity contribution in [1.29, 1.82) is 0 Å². The summed E-state index contributed by atoms with van der Waals surface area (Å²) in [5, 5.41) is 11.3. The highest BCUT2D eigenvalue weighted by Gasteiger charge is 2.24. The maximum absolute atomic E-state index is 5.29. The number of methoxy groups -OCH3 is 1. The molecule has 5 rings (SSSR count). The van der Waals surface area contributed by atoms with Gasteiger partial charge in [-0.25, -0.2) is 4.98 Å². The lowest BCUT2D eigenvalue weighted by Crippen LogP contribution is -2.54. The number of aromatic nitrogens is 6. The molecule has 0 saturated carbocycles. The second kappa shape index (κ2) is 7.97. The van der Waals surface area contributed by atoms with Gasteiger partial charge in [0.05, 0.1) is 35.4 Å². The van der Waals surface area contributed by atoms with Gasteiger partial charge in [-0.2, -0.15) is 19.6 Å². The summed E-state index contributed by atoms with van der Waals surface area (Å²) in [6.07, 6.45) is 1.73. The van der Waals surface area contributed by atoms with E-state index in [0.29, 0.717) is 30.5 Å². The Bertz CT molecular complexity index is 1230. The van der Waals surface area contributed by atoms with E-state index in [2.05, 4.69) is 60.4 Å². The Balaban J connectivity index is 1.45. The standard InChI is InChI=1S/C20H24BrN9O/c1-11-9-29(10-12(2)24-11)20-27-18-14(21)7-23-30(18)19(28-20)22-8-17-25-15-5-4-13(31-3)6-16(15)26-17/h4-7,11-12,24H,8-10H2,1-3H3,(H,25,26)(H,22,27,28)/t11-,12+. The van der Waals surface area contributed by atoms with Crippen molar-refractivity contribution in [2.24, 2.45) is 0 Å². The predicted octanol–water partition coefficient (Wildman–Crippen LogP) is 2.57. The number of hydrogen-bond donors (Lipinski definition) is 3. The number of fused-ring (bicyclic) bond motifs is 2. The van der Waals surface area contributed by atoms with Gasteiger partial charge in [-0.1, -0.05) is 0 Å². The molecule has 0 radical (unpaired) electrons. The van der Waals surface area contributed by atoms with Gasteiger partial charge in [0.1, 0.15) is 11.6 Å². The monoisotopic (exact) mass is 485 g/mol. The third kappa shape index (κ3) is 3.90. The fourth-order valence-electron chi connectivity index (χ4n) is 4.00. The molecular formula is C20H24BrN9O. The first-order valence-corrected chi connectivity index (χ1v) is 11.0. The van der Waals surface area contributed by atoms with E-state index >= 15 is 0 Å². The molecular weight excluding hydrogens is 462 g/mol. The molecule has 3 N–H and O–H groups in total. The van der Waals surface area contributed by atoms with Gasteiger partial charge >= 0.3 is 0 Å². The molecule has 4 heterocycles. The van der Waals surface area contributed by atoms with E-state index in [9.17, 15) is 0 Å². The number of nitrogens with one attached hydrogen (secondary N) is 3. The number of piperazine rings is 1. The highest BCUT2D eigenvalue weighted by atomic mass is 79.9. The third-order valence-corrected chi connectivity index (χ3v) is 5.87. The van der Waals surface area contributed by atoms with Crippen LogP contribution in [0.2, 0.25) is 0 Å². The molecule has 1 fully saturated rings. The number of halogens is 1. The first-order chi connectivity index (χ1) is 15.0. The summed E-state index contributed by atoms with van der Waals surface area (Å²) in [5.41, 5.74) is 2.53. The SMILES string of the molecule is COc1ccc2[nH]c(CNc3nc(N4C[C@@H](C)N[C@@H](C)C4)nc4c(Br)cnn34)nc2c1. The number of imidazole rings is 1. The maximum Gasteiger partial charge on any atom is 0.230 e. The van der Waals surface area contributed by atoms with Crippen LogP contribution >= 0.6 is 15.9 Å². The number of H-pyrrole nitrogens is 1. The predicted molar refractivity (Wildman–Crippen MR) is 123 cm³/mol. The van der Waals surface area contributed by atoms with Crippen LogP contribution in [0.25, 0.3) is 16.7 Å². The van der Waals surface area contributed by atoms with Gasteiger partial charge in [-0.3, -0.25) is 0 Å². The molecule has 1 aliphatic rings. The zero-order valence-corrected chi connectivity index (χ0v) is 19.1. The van der Waals surface area contributed by atoms with Crippen molar-refractivity contribution in [3.05, 3.63) is 34.7 Å². The number of benzene rings is 1. The molecule has 0 bridgehead atoms. The van der Waals surface area contributed by atoms with Crippen LogP contribution in [0.3, 0.4) is 0 Å². The normalized spacial score (nSPS) is 19.3. The highest BCUT2D eigenvalue weighted by Crippen LogP contribution is 2.23. The van der Waals surface area contributed by atoms with E-state index in [0.717, 1.165) is 45.8 Å². The third-order valence-electron chi connectivity index (χ3n) is 5.31. The molecule has 0 unspecified atom stereocenters. The van der Waals surface area contributed by atoms with E-state index in [1.165, 1.54) is 0 Å². The maximum atomic E-state index is 5.29. The van der Waals surface area contributed by atoms with E-state index < -0.39 is 0 Å². The molecule has 10 nitrogen and oxygen atoms in total. The largest absolute Gasteiger partial charge is 0.497 e. The number of aromatic amines is 1. The summed E-state index contributed by atoms with van der Waals surface area (Å²) < 4.78 is 7.81. The molecule has 11 heteroatoms. The van der Waals surface area contributed by atoms with Crippen LogP contribution in [0.15, 0.2) is 28.9 Å². The molecule has 0 aliphatic carbocycles. The lowest BCUT2D eigenvalue weighted by molar-refractivity contribution is 0.403. The van der Waals surface area contributed by atoms with Crippen molar-refractivity contribution in [2.45, 2.75) is 32.5 Å². The van der Waals surface area contributed by atoms with Crippen LogP contribution in [0.5, 0.6) is 5.75 Å². The Morgan fingerprint density at radius 1 is 1.19 bits per heavy atom. The Hall–Kier alpha value is -2.92. The lowest BCUT2D eigenvalue weighted by Gasteiger charge is -2.36. The summed E-state index contributed by atoms with van der Waals surface area (Å²) >= 11 is 3.55. The smallest absolute Gasteiger partial charge is 0.230 e. The van der Waals surface area contributed by atoms with Crippen molar-refractivity contribution < 1.29 is 4.74 Å². The zero-order chi connectivity index (χ0) is 21.5. The lowest BCUT2D eigenvalue weighted by atomic mass is 10.1. The van der Waals surface area contributed by atoms with Gasteiger partial charge in [-0.05, 0) is 41.9 Å². The van der Waals surface area contributed by atoms with Crippen LogP contribution in [-0.4, -0.2) is 61.8 Å². The van der Waals surface area contributed by atoms with E-state index in [1.807, 2.05) is 18.2 Å². The van der Waals surface area contributed by atoms with Crippen molar-refractivity contribution in [3.63, 3.8) is 0 Å². The number of nitrogens with zero attached hydrogens (tertiary/aromatic N) is 6. The van der Waals surface area contributed by atoms with Crippen LogP contribution in [-0.2, 0) is 6.54 Å². The Labute approximate surface area is 187 Å². The fourth-order valence-corrected chi connectivity index (χ4v) is 4.35. The molecule has 2 atom stereocenters. The first-order valence-electron chi connectivity index (χ1n) is 10.2. The number of ether oxygens (including phenoxy) is 1. The fraction of sp³-hybridized carbons (Fsp3) is 0.400. The zero-order valence-electron chi connectivity index (χ0n) is 17.6. The average Bonchev–Trinajstić information content (AvgIpc) is 3.33. The molecule has 0 spiro atoms. The molecule has 1 aromatic carbocycles. The van der Waals surface area contributed by atoms with Gasteiger partial charge < -0.3 is 25.3 Å². The Kier molecular flexibility index (Phi) is 5.14. The van der Waals surface area contributed by atoms with E-state index in [-0.39, 0.29) is 0 Å². The summed E-state index contributed by atoms with van der Waals surface area (Å²) in [6, 6.07) is 6.51. The Morgan fingerprint density at radius 3 is 2.77 bits per heavy atom. The summed E-state index contributed by atoms with van der Waals surface area (Å²) in [6.45, 7) is 6.50. The molecule has 1 saturated heterocycles. The minimum atomic E-state index is 0.362. The van der Waals surface area contributed by atoms with Crippen LogP contribution in [0, 0.1) is 0 Å². The number of rotatable bonds is 5. The van der Waals surface area contributed by atoms with Crippen LogP contribution < -0.4 is 20.3 Å². The molecule has 3 aromatic heterocycles. The van der Waals surface area contributed by atoms with Gasteiger partial charge in [0.2, 0.25) is 11.9 Å². The second-order valence-corrected chi connectivity index (χ2v) is 8.72. The minimum absolute atomic E-state index is 0.362. The van der Waals surface area contributed by atoms with Crippen molar-refractivity contribution >= 4 is 44.5 Å². The second-order valence-electron chi connectivity index (χ2n) is 7.87. The van der Waals surface area contributed by atoms with Gasteiger partial charge in [0.15, 0.2) is 5.65 Å². The van der Waals surface area contributed by atoms with Gasteiger partial charge in [0.25, 0.3) is 0 Å². The summed E-state index contributed by atoms with van der Waals surface area (Å²) in [5.74, 6) is 2.88. The van der Waals surface area contributed by atoms with Gasteiger partial charge in [-0.15, -0.1) is 0 Å². The first kappa shape index (κ1) is 20.0. The molecule has 4 aromatic rings. The minimum Gasteiger partial charge on any atom is -0.497 e. The number of hydrogen-bond acceptors (Lipinski definition) is 8. The van der Waals surface area contributed by atoms with Crippen molar-refractivity contribution in [2.75, 3.05) is 30.4 Å². The highest BCUT2D eigenvalue weighted by molar-refractivity contribution is 9.10. The average molecular weight is 486 g/mol. The van der Waals surface area contributed by atoms with E-state index in [4.69, 9.17) is 14.7 Å². The van der Waals surface area contributed by atoms with Crippen LogP contribution in [0.1, 0.15) is 19.7 Å². The quantitative estimate of drug-likeness (QED) is 0.395. The van der Waals surface area contributed by atoms with Gasteiger partial charge in [0, 0.05) is 31.2 Å². The Morgan fingerprint density at radius 2 is 2.00 bits per heavy atom.